The van der Waals surface area contributed by atoms with Crippen LogP contribution < -0.4 is 10.9 Å². The van der Waals surface area contributed by atoms with E-state index in [1.165, 1.54) is 27.7 Å². The van der Waals surface area contributed by atoms with Gasteiger partial charge in [0.25, 0.3) is 5.56 Å². The van der Waals surface area contributed by atoms with Crippen molar-refractivity contribution in [2.45, 2.75) is 53.3 Å². The number of hydrogen-bond donors (Lipinski definition) is 1. The summed E-state index contributed by atoms with van der Waals surface area (Å²) in [5.74, 6) is 0.538. The van der Waals surface area contributed by atoms with Gasteiger partial charge in [-0.1, -0.05) is 50.2 Å². The van der Waals surface area contributed by atoms with E-state index in [2.05, 4.69) is 5.32 Å². The Bertz CT molecular complexity index is 1590. The average Bonchev–Trinajstić information content (AvgIpc) is 2.89. The van der Waals surface area contributed by atoms with Crippen LogP contribution in [0.15, 0.2) is 71.5 Å². The highest BCUT2D eigenvalue weighted by Crippen LogP contribution is 2.35. The van der Waals surface area contributed by atoms with E-state index in [9.17, 15) is 22.8 Å². The molecular formula is C31H33F3N4O2. The number of hydrogen-bond acceptors (Lipinski definition) is 3. The van der Waals surface area contributed by atoms with Crippen LogP contribution in [0.25, 0.3) is 16.6 Å². The molecule has 1 unspecified atom stereocenters. The molecule has 4 aromatic rings. The number of urea groups is 1. The summed E-state index contributed by atoms with van der Waals surface area (Å²) in [4.78, 5) is 33.9. The van der Waals surface area contributed by atoms with Crippen molar-refractivity contribution in [2.24, 2.45) is 5.92 Å². The number of nitrogens with one attached hydrogen (secondary N) is 1. The number of carbonyl (C=O) groups is 1. The quantitative estimate of drug-likeness (QED) is 0.257. The Balaban J connectivity index is 1.87. The van der Waals surface area contributed by atoms with Gasteiger partial charge < -0.3 is 10.2 Å². The SMILES string of the molecule is Cc1ccc(C)c(-n2c(C(C)N(CCC(C)C)C(=O)Nc3ccccc3C(F)(F)F)nc3ccccc3c2=O)c1. The maximum atomic E-state index is 13.9. The van der Waals surface area contributed by atoms with E-state index in [1.807, 2.05) is 45.9 Å². The lowest BCUT2D eigenvalue weighted by atomic mass is 10.1. The number of rotatable bonds is 7. The Morgan fingerprint density at radius 3 is 2.38 bits per heavy atom. The van der Waals surface area contributed by atoms with E-state index in [1.54, 1.807) is 31.2 Å². The fourth-order valence-corrected chi connectivity index (χ4v) is 4.66. The highest BCUT2D eigenvalue weighted by atomic mass is 19.4. The van der Waals surface area contributed by atoms with Crippen LogP contribution in [0.4, 0.5) is 23.7 Å². The van der Waals surface area contributed by atoms with Gasteiger partial charge in [-0.3, -0.25) is 9.36 Å². The monoisotopic (exact) mass is 550 g/mol. The highest BCUT2D eigenvalue weighted by molar-refractivity contribution is 5.90. The van der Waals surface area contributed by atoms with Gasteiger partial charge >= 0.3 is 12.2 Å². The third-order valence-corrected chi connectivity index (χ3v) is 6.93. The Morgan fingerprint density at radius 2 is 1.68 bits per heavy atom. The maximum Gasteiger partial charge on any atom is 0.418 e. The van der Waals surface area contributed by atoms with Crippen LogP contribution in [0.2, 0.25) is 0 Å². The summed E-state index contributed by atoms with van der Waals surface area (Å²) >= 11 is 0. The van der Waals surface area contributed by atoms with Crippen molar-refractivity contribution in [2.75, 3.05) is 11.9 Å². The summed E-state index contributed by atoms with van der Waals surface area (Å²) in [6.07, 6.45) is -4.04. The lowest BCUT2D eigenvalue weighted by Gasteiger charge is -2.32. The summed E-state index contributed by atoms with van der Waals surface area (Å²) < 4.78 is 42.5. The first-order valence-electron chi connectivity index (χ1n) is 13.2. The van der Waals surface area contributed by atoms with Gasteiger partial charge in [-0.25, -0.2) is 9.78 Å². The number of para-hydroxylation sites is 2. The van der Waals surface area contributed by atoms with E-state index in [0.29, 0.717) is 28.8 Å². The van der Waals surface area contributed by atoms with Crippen LogP contribution in [-0.4, -0.2) is 27.0 Å². The summed E-state index contributed by atoms with van der Waals surface area (Å²) in [6.45, 7) is 9.80. The summed E-state index contributed by atoms with van der Waals surface area (Å²) in [6, 6.07) is 16.2. The molecule has 0 saturated carbocycles. The van der Waals surface area contributed by atoms with E-state index < -0.39 is 23.8 Å². The topological polar surface area (TPSA) is 67.2 Å². The van der Waals surface area contributed by atoms with E-state index >= 15 is 0 Å². The first-order chi connectivity index (χ1) is 18.9. The van der Waals surface area contributed by atoms with Crippen LogP contribution in [0, 0.1) is 19.8 Å². The fourth-order valence-electron chi connectivity index (χ4n) is 4.66. The van der Waals surface area contributed by atoms with Gasteiger partial charge in [0.2, 0.25) is 0 Å². The maximum absolute atomic E-state index is 13.9. The molecule has 1 aromatic heterocycles. The molecule has 6 nitrogen and oxygen atoms in total. The zero-order valence-corrected chi connectivity index (χ0v) is 23.2. The number of aromatic nitrogens is 2. The molecule has 4 rings (SSSR count). The normalized spacial score (nSPS) is 12.5. The Kier molecular flexibility index (Phi) is 8.32. The Labute approximate surface area is 231 Å². The molecule has 1 N–H and O–H groups in total. The molecule has 0 fully saturated rings. The zero-order valence-electron chi connectivity index (χ0n) is 23.2. The van der Waals surface area contributed by atoms with E-state index in [0.717, 1.165) is 17.2 Å². The molecule has 1 heterocycles. The van der Waals surface area contributed by atoms with Crippen LogP contribution in [0.5, 0.6) is 0 Å². The van der Waals surface area contributed by atoms with E-state index in [4.69, 9.17) is 4.98 Å². The van der Waals surface area contributed by atoms with E-state index in [-0.39, 0.29) is 23.7 Å². The number of anilines is 1. The van der Waals surface area contributed by atoms with Crippen LogP contribution in [0.3, 0.4) is 0 Å². The zero-order chi connectivity index (χ0) is 29.2. The molecule has 0 aliphatic heterocycles. The average molecular weight is 551 g/mol. The summed E-state index contributed by atoms with van der Waals surface area (Å²) in [5, 5.41) is 2.90. The first-order valence-corrected chi connectivity index (χ1v) is 13.2. The third kappa shape index (κ3) is 6.03. The predicted molar refractivity (Wildman–Crippen MR) is 152 cm³/mol. The van der Waals surface area contributed by atoms with Gasteiger partial charge in [0, 0.05) is 6.54 Å². The Morgan fingerprint density at radius 1 is 1.00 bits per heavy atom. The van der Waals surface area contributed by atoms with Crippen LogP contribution in [-0.2, 0) is 6.18 Å². The minimum Gasteiger partial charge on any atom is -0.315 e. The molecular weight excluding hydrogens is 517 g/mol. The Hall–Kier alpha value is -4.14. The molecule has 0 spiro atoms. The molecule has 3 aromatic carbocycles. The summed E-state index contributed by atoms with van der Waals surface area (Å²) in [7, 11) is 0. The van der Waals surface area contributed by atoms with Gasteiger partial charge in [0.15, 0.2) is 0 Å². The second kappa shape index (κ2) is 11.5. The van der Waals surface area contributed by atoms with Crippen molar-refractivity contribution in [3.05, 3.63) is 99.6 Å². The van der Waals surface area contributed by atoms with Gasteiger partial charge in [0.05, 0.1) is 33.9 Å². The van der Waals surface area contributed by atoms with Crippen LogP contribution >= 0.6 is 0 Å². The van der Waals surface area contributed by atoms with Crippen molar-refractivity contribution in [1.82, 2.24) is 14.5 Å². The van der Waals surface area contributed by atoms with Crippen molar-refractivity contribution in [3.63, 3.8) is 0 Å². The second-order valence-electron chi connectivity index (χ2n) is 10.4. The number of alkyl halides is 3. The van der Waals surface area contributed by atoms with Gasteiger partial charge in [-0.05, 0) is 74.6 Å². The smallest absolute Gasteiger partial charge is 0.315 e. The highest BCUT2D eigenvalue weighted by Gasteiger charge is 2.35. The molecule has 0 saturated heterocycles. The lowest BCUT2D eigenvalue weighted by molar-refractivity contribution is -0.136. The number of amides is 2. The largest absolute Gasteiger partial charge is 0.418 e. The van der Waals surface area contributed by atoms with Crippen LogP contribution in [0.1, 0.15) is 55.7 Å². The molecule has 0 bridgehead atoms. The molecule has 9 heteroatoms. The fraction of sp³-hybridized carbons (Fsp3) is 0.323. The second-order valence-corrected chi connectivity index (χ2v) is 10.4. The number of halogens is 3. The van der Waals surface area contributed by atoms with Crippen molar-refractivity contribution >= 4 is 22.6 Å². The molecule has 1 atom stereocenters. The number of aryl methyl sites for hydroxylation is 2. The molecule has 0 radical (unpaired) electrons. The van der Waals surface area contributed by atoms with Gasteiger partial charge in [-0.15, -0.1) is 0 Å². The molecule has 0 aliphatic rings. The lowest BCUT2D eigenvalue weighted by Crippen LogP contribution is -2.41. The number of benzene rings is 3. The van der Waals surface area contributed by atoms with Crippen molar-refractivity contribution < 1.29 is 18.0 Å². The molecule has 40 heavy (non-hydrogen) atoms. The van der Waals surface area contributed by atoms with Crippen molar-refractivity contribution in [3.8, 4) is 5.69 Å². The molecule has 0 aliphatic carbocycles. The molecule has 2 amide bonds. The third-order valence-electron chi connectivity index (χ3n) is 6.93. The first kappa shape index (κ1) is 28.9. The van der Waals surface area contributed by atoms with Crippen molar-refractivity contribution in [1.29, 1.82) is 0 Å². The van der Waals surface area contributed by atoms with Gasteiger partial charge in [0.1, 0.15) is 5.82 Å². The minimum atomic E-state index is -4.64. The van der Waals surface area contributed by atoms with Gasteiger partial charge in [-0.2, -0.15) is 13.2 Å². The number of fused-ring (bicyclic) bond motifs is 1. The summed E-state index contributed by atoms with van der Waals surface area (Å²) in [5.41, 5.74) is 1.34. The number of carbonyl (C=O) groups excluding carboxylic acids is 1. The standard InChI is InChI=1S/C31H33F3N4O2/c1-19(2)16-17-37(30(40)36-26-13-9-7-11-24(26)31(32,33)34)22(5)28-35-25-12-8-6-10-23(25)29(39)38(28)27-18-20(3)14-15-21(27)4/h6-15,18-19,22H,16-17H2,1-5H3,(H,36,40). The molecule has 210 valence electrons. The number of nitrogens with zero attached hydrogens (tertiary/aromatic N) is 3. The predicted octanol–water partition coefficient (Wildman–Crippen LogP) is 7.66. The minimum absolute atomic E-state index is 0.218.